The molecule has 0 aromatic carbocycles. The normalized spacial score (nSPS) is 18.0. The number of aromatic nitrogens is 1. The summed E-state index contributed by atoms with van der Waals surface area (Å²) in [6.07, 6.45) is 5.92. The molecule has 2 rings (SSSR count). The second kappa shape index (κ2) is 6.72. The van der Waals surface area contributed by atoms with Gasteiger partial charge in [-0.2, -0.15) is 0 Å². The van der Waals surface area contributed by atoms with Gasteiger partial charge in [0.15, 0.2) is 0 Å². The zero-order valence-corrected chi connectivity index (χ0v) is 13.0. The molecule has 106 valence electrons. The van der Waals surface area contributed by atoms with Crippen molar-refractivity contribution < 1.29 is 9.53 Å². The van der Waals surface area contributed by atoms with Gasteiger partial charge >= 0.3 is 5.97 Å². The van der Waals surface area contributed by atoms with E-state index in [-0.39, 0.29) is 5.97 Å². The lowest BCUT2D eigenvalue weighted by molar-refractivity contribution is -0.148. The number of nitrogens with one attached hydrogen (secondary N) is 1. The SMILES string of the molecule is COC(=O)C(C)(CCCSc1nccs1)NC1CC1. The maximum absolute atomic E-state index is 11.9. The molecule has 0 aliphatic heterocycles. The third kappa shape index (κ3) is 4.47. The first-order chi connectivity index (χ1) is 9.14. The van der Waals surface area contributed by atoms with Crippen molar-refractivity contribution in [2.45, 2.75) is 48.5 Å². The lowest BCUT2D eigenvalue weighted by Gasteiger charge is -2.28. The van der Waals surface area contributed by atoms with Gasteiger partial charge in [0.2, 0.25) is 0 Å². The van der Waals surface area contributed by atoms with Crippen LogP contribution in [0.2, 0.25) is 0 Å². The van der Waals surface area contributed by atoms with Crippen LogP contribution >= 0.6 is 23.1 Å². The Morgan fingerprint density at radius 2 is 2.47 bits per heavy atom. The van der Waals surface area contributed by atoms with E-state index >= 15 is 0 Å². The summed E-state index contributed by atoms with van der Waals surface area (Å²) in [6.45, 7) is 1.95. The number of rotatable bonds is 8. The van der Waals surface area contributed by atoms with Gasteiger partial charge in [0.05, 0.1) is 7.11 Å². The van der Waals surface area contributed by atoms with Crippen LogP contribution in [-0.2, 0) is 9.53 Å². The number of hydrogen-bond donors (Lipinski definition) is 1. The topological polar surface area (TPSA) is 51.2 Å². The fourth-order valence-electron chi connectivity index (χ4n) is 2.00. The van der Waals surface area contributed by atoms with Gasteiger partial charge in [-0.05, 0) is 32.6 Å². The standard InChI is InChI=1S/C13H20N2O2S2/c1-13(11(16)17-2,15-10-4-5-10)6-3-8-18-12-14-7-9-19-12/h7,9-10,15H,3-6,8H2,1-2H3. The van der Waals surface area contributed by atoms with E-state index in [1.54, 1.807) is 23.1 Å². The van der Waals surface area contributed by atoms with Crippen LogP contribution in [0.15, 0.2) is 15.9 Å². The third-order valence-electron chi connectivity index (χ3n) is 3.19. The minimum Gasteiger partial charge on any atom is -0.468 e. The first-order valence-corrected chi connectivity index (χ1v) is 8.39. The first kappa shape index (κ1) is 14.8. The van der Waals surface area contributed by atoms with Crippen LogP contribution in [0.25, 0.3) is 0 Å². The molecule has 0 spiro atoms. The summed E-state index contributed by atoms with van der Waals surface area (Å²) in [6, 6.07) is 0.496. The summed E-state index contributed by atoms with van der Waals surface area (Å²) in [4.78, 5) is 16.2. The number of hydrogen-bond acceptors (Lipinski definition) is 6. The smallest absolute Gasteiger partial charge is 0.325 e. The van der Waals surface area contributed by atoms with Crippen molar-refractivity contribution in [1.29, 1.82) is 0 Å². The number of carbonyl (C=O) groups is 1. The van der Waals surface area contributed by atoms with Gasteiger partial charge in [-0.25, -0.2) is 4.98 Å². The molecule has 1 atom stereocenters. The van der Waals surface area contributed by atoms with Gasteiger partial charge in [-0.3, -0.25) is 10.1 Å². The molecule has 1 saturated carbocycles. The summed E-state index contributed by atoms with van der Waals surface area (Å²) >= 11 is 3.41. The van der Waals surface area contributed by atoms with Gasteiger partial charge in [0.25, 0.3) is 0 Å². The van der Waals surface area contributed by atoms with Gasteiger partial charge in [-0.1, -0.05) is 11.8 Å². The van der Waals surface area contributed by atoms with Crippen molar-refractivity contribution in [3.05, 3.63) is 11.6 Å². The van der Waals surface area contributed by atoms with Crippen LogP contribution in [0.5, 0.6) is 0 Å². The summed E-state index contributed by atoms with van der Waals surface area (Å²) in [5, 5.41) is 5.40. The number of ether oxygens (including phenoxy) is 1. The molecule has 1 aliphatic rings. The number of methoxy groups -OCH3 is 1. The van der Waals surface area contributed by atoms with Gasteiger partial charge in [0, 0.05) is 23.4 Å². The third-order valence-corrected chi connectivity index (χ3v) is 5.24. The molecule has 19 heavy (non-hydrogen) atoms. The van der Waals surface area contributed by atoms with E-state index in [2.05, 4.69) is 10.3 Å². The predicted molar refractivity (Wildman–Crippen MR) is 78.7 cm³/mol. The molecule has 0 bridgehead atoms. The second-order valence-electron chi connectivity index (χ2n) is 4.99. The van der Waals surface area contributed by atoms with E-state index in [0.29, 0.717) is 6.04 Å². The molecule has 1 heterocycles. The average Bonchev–Trinajstić information content (AvgIpc) is 3.06. The van der Waals surface area contributed by atoms with Crippen LogP contribution in [0.3, 0.4) is 0 Å². The molecule has 1 fully saturated rings. The van der Waals surface area contributed by atoms with E-state index in [9.17, 15) is 4.79 Å². The van der Waals surface area contributed by atoms with Crippen molar-refractivity contribution in [1.82, 2.24) is 10.3 Å². The molecular weight excluding hydrogens is 280 g/mol. The van der Waals surface area contributed by atoms with Gasteiger partial charge in [-0.15, -0.1) is 11.3 Å². The largest absolute Gasteiger partial charge is 0.468 e. The highest BCUT2D eigenvalue weighted by atomic mass is 32.2. The second-order valence-corrected chi connectivity index (χ2v) is 7.23. The number of carbonyl (C=O) groups excluding carboxylic acids is 1. The molecule has 1 aromatic rings. The number of thiazole rings is 1. The Balaban J connectivity index is 1.77. The van der Waals surface area contributed by atoms with Crippen molar-refractivity contribution in [2.24, 2.45) is 0 Å². The number of thioether (sulfide) groups is 1. The average molecular weight is 300 g/mol. The first-order valence-electron chi connectivity index (χ1n) is 6.52. The quantitative estimate of drug-likeness (QED) is 0.454. The minimum atomic E-state index is -0.542. The lowest BCUT2D eigenvalue weighted by atomic mass is 9.96. The fraction of sp³-hybridized carbons (Fsp3) is 0.692. The van der Waals surface area contributed by atoms with E-state index in [1.807, 2.05) is 18.5 Å². The summed E-state index contributed by atoms with van der Waals surface area (Å²) < 4.78 is 6.02. The zero-order chi connectivity index (χ0) is 13.7. The van der Waals surface area contributed by atoms with Crippen LogP contribution in [-0.4, -0.2) is 35.4 Å². The molecule has 1 aromatic heterocycles. The van der Waals surface area contributed by atoms with Gasteiger partial charge < -0.3 is 4.74 Å². The van der Waals surface area contributed by atoms with Crippen LogP contribution in [0.4, 0.5) is 0 Å². The van der Waals surface area contributed by atoms with E-state index in [4.69, 9.17) is 4.74 Å². The Morgan fingerprint density at radius 3 is 3.05 bits per heavy atom. The summed E-state index contributed by atoms with van der Waals surface area (Å²) in [5.41, 5.74) is -0.542. The van der Waals surface area contributed by atoms with Crippen LogP contribution in [0, 0.1) is 0 Å². The van der Waals surface area contributed by atoms with Crippen molar-refractivity contribution in [3.8, 4) is 0 Å². The molecule has 0 amide bonds. The molecular formula is C13H20N2O2S2. The van der Waals surface area contributed by atoms with Crippen molar-refractivity contribution in [3.63, 3.8) is 0 Å². The molecule has 6 heteroatoms. The van der Waals surface area contributed by atoms with E-state index < -0.39 is 5.54 Å². The Kier molecular flexibility index (Phi) is 5.24. The molecule has 1 aliphatic carbocycles. The Labute approximate surface area is 122 Å². The van der Waals surface area contributed by atoms with Crippen LogP contribution in [0.1, 0.15) is 32.6 Å². The van der Waals surface area contributed by atoms with Crippen molar-refractivity contribution >= 4 is 29.1 Å². The molecule has 1 N–H and O–H groups in total. The minimum absolute atomic E-state index is 0.154. The Morgan fingerprint density at radius 1 is 1.68 bits per heavy atom. The summed E-state index contributed by atoms with van der Waals surface area (Å²) in [5.74, 6) is 0.825. The highest BCUT2D eigenvalue weighted by molar-refractivity contribution is 8.00. The van der Waals surface area contributed by atoms with Gasteiger partial charge in [0.1, 0.15) is 9.88 Å². The highest BCUT2D eigenvalue weighted by Gasteiger charge is 2.38. The maximum Gasteiger partial charge on any atom is 0.325 e. The highest BCUT2D eigenvalue weighted by Crippen LogP contribution is 2.27. The van der Waals surface area contributed by atoms with E-state index in [0.717, 1.165) is 22.9 Å². The molecule has 4 nitrogen and oxygen atoms in total. The Hall–Kier alpha value is -0.590. The fourth-order valence-corrected chi connectivity index (χ4v) is 3.65. The number of nitrogens with zero attached hydrogens (tertiary/aromatic N) is 1. The Bertz CT molecular complexity index is 407. The molecule has 1 unspecified atom stereocenters. The predicted octanol–water partition coefficient (Wildman–Crippen LogP) is 2.70. The van der Waals surface area contributed by atoms with Crippen molar-refractivity contribution in [2.75, 3.05) is 12.9 Å². The van der Waals surface area contributed by atoms with E-state index in [1.165, 1.54) is 20.0 Å². The number of esters is 1. The lowest BCUT2D eigenvalue weighted by Crippen LogP contribution is -2.51. The van der Waals surface area contributed by atoms with Crippen LogP contribution < -0.4 is 5.32 Å². The molecule has 0 saturated heterocycles. The molecule has 0 radical (unpaired) electrons. The monoisotopic (exact) mass is 300 g/mol. The summed E-state index contributed by atoms with van der Waals surface area (Å²) in [7, 11) is 1.46. The maximum atomic E-state index is 11.9. The zero-order valence-electron chi connectivity index (χ0n) is 11.3.